The fraction of sp³-hybridized carbons (Fsp3) is 0.368. The fourth-order valence-corrected chi connectivity index (χ4v) is 2.94. The highest BCUT2D eigenvalue weighted by atomic mass is 35.5. The summed E-state index contributed by atoms with van der Waals surface area (Å²) in [5.41, 5.74) is 5.34. The quantitative estimate of drug-likeness (QED) is 0.630. The lowest BCUT2D eigenvalue weighted by molar-refractivity contribution is 0.785. The molecule has 0 fully saturated rings. The van der Waals surface area contributed by atoms with E-state index < -0.39 is 0 Å². The molecule has 1 atom stereocenters. The fourth-order valence-electron chi connectivity index (χ4n) is 2.64. The van der Waals surface area contributed by atoms with Crippen molar-refractivity contribution in [3.05, 3.63) is 70.8 Å². The largest absolute Gasteiger partial charge is 0.122 e. The summed E-state index contributed by atoms with van der Waals surface area (Å²) in [6.07, 6.45) is 2.15. The lowest BCUT2D eigenvalue weighted by atomic mass is 9.87. The van der Waals surface area contributed by atoms with Crippen LogP contribution in [0.5, 0.6) is 0 Å². The Balaban J connectivity index is 2.33. The number of halogens is 1. The van der Waals surface area contributed by atoms with E-state index in [0.29, 0.717) is 0 Å². The molecular formula is C19H23Cl. The van der Waals surface area contributed by atoms with Gasteiger partial charge in [0.05, 0.1) is 0 Å². The lowest BCUT2D eigenvalue weighted by Gasteiger charge is -2.21. The molecule has 0 saturated carbocycles. The van der Waals surface area contributed by atoms with Crippen LogP contribution in [0.3, 0.4) is 0 Å². The first-order chi connectivity index (χ1) is 9.65. The van der Waals surface area contributed by atoms with E-state index in [9.17, 15) is 0 Å². The van der Waals surface area contributed by atoms with E-state index in [1.807, 2.05) is 0 Å². The predicted octanol–water partition coefficient (Wildman–Crippen LogP) is 5.57. The van der Waals surface area contributed by atoms with Gasteiger partial charge in [-0.05, 0) is 42.0 Å². The second kappa shape index (κ2) is 6.95. The van der Waals surface area contributed by atoms with Crippen LogP contribution in [0.1, 0.15) is 48.9 Å². The molecule has 2 aromatic rings. The molecule has 0 nitrogen and oxygen atoms in total. The van der Waals surface area contributed by atoms with Crippen molar-refractivity contribution in [2.75, 3.05) is 0 Å². The van der Waals surface area contributed by atoms with Gasteiger partial charge in [0.2, 0.25) is 0 Å². The van der Waals surface area contributed by atoms with Crippen molar-refractivity contribution in [2.24, 2.45) is 0 Å². The summed E-state index contributed by atoms with van der Waals surface area (Å²) in [6, 6.07) is 17.7. The van der Waals surface area contributed by atoms with Gasteiger partial charge in [-0.2, -0.15) is 0 Å². The predicted molar refractivity (Wildman–Crippen MR) is 88.8 cm³/mol. The first-order valence-corrected chi connectivity index (χ1v) is 7.91. The van der Waals surface area contributed by atoms with E-state index in [1.54, 1.807) is 0 Å². The Labute approximate surface area is 127 Å². The van der Waals surface area contributed by atoms with Crippen molar-refractivity contribution >= 4 is 11.6 Å². The van der Waals surface area contributed by atoms with Crippen molar-refractivity contribution in [3.63, 3.8) is 0 Å². The SMILES string of the molecule is CCc1ccc(C(c2ccc(CC)cc2)C(C)Cl)cc1. The van der Waals surface area contributed by atoms with Crippen LogP contribution < -0.4 is 0 Å². The number of benzene rings is 2. The van der Waals surface area contributed by atoms with E-state index in [2.05, 4.69) is 69.3 Å². The number of hydrogen-bond donors (Lipinski definition) is 0. The summed E-state index contributed by atoms with van der Waals surface area (Å²) >= 11 is 6.46. The van der Waals surface area contributed by atoms with Crippen LogP contribution in [0, 0.1) is 0 Å². The Bertz CT molecular complexity index is 475. The number of alkyl halides is 1. The van der Waals surface area contributed by atoms with Crippen molar-refractivity contribution in [1.82, 2.24) is 0 Å². The molecule has 0 heterocycles. The highest BCUT2D eigenvalue weighted by molar-refractivity contribution is 6.21. The first kappa shape index (κ1) is 15.1. The molecule has 0 spiro atoms. The molecule has 0 N–H and O–H groups in total. The van der Waals surface area contributed by atoms with Gasteiger partial charge in [-0.15, -0.1) is 11.6 Å². The Kier molecular flexibility index (Phi) is 5.25. The van der Waals surface area contributed by atoms with Crippen molar-refractivity contribution < 1.29 is 0 Å². The van der Waals surface area contributed by atoms with Crippen LogP contribution >= 0.6 is 11.6 Å². The van der Waals surface area contributed by atoms with Gasteiger partial charge in [-0.25, -0.2) is 0 Å². The molecule has 0 aliphatic rings. The summed E-state index contributed by atoms with van der Waals surface area (Å²) in [6.45, 7) is 6.44. The third-order valence-electron chi connectivity index (χ3n) is 3.95. The maximum Gasteiger partial charge on any atom is 0.0417 e. The summed E-state index contributed by atoms with van der Waals surface area (Å²) in [7, 11) is 0. The summed E-state index contributed by atoms with van der Waals surface area (Å²) < 4.78 is 0. The van der Waals surface area contributed by atoms with Crippen molar-refractivity contribution in [1.29, 1.82) is 0 Å². The van der Waals surface area contributed by atoms with Crippen molar-refractivity contribution in [3.8, 4) is 0 Å². The molecule has 0 aromatic heterocycles. The molecule has 0 bridgehead atoms. The van der Waals surface area contributed by atoms with E-state index in [-0.39, 0.29) is 11.3 Å². The van der Waals surface area contributed by atoms with Gasteiger partial charge in [0.15, 0.2) is 0 Å². The Hall–Kier alpha value is -1.27. The molecule has 0 amide bonds. The summed E-state index contributed by atoms with van der Waals surface area (Å²) in [5, 5.41) is 0.0787. The lowest BCUT2D eigenvalue weighted by Crippen LogP contribution is -2.11. The van der Waals surface area contributed by atoms with Crippen LogP contribution in [-0.4, -0.2) is 5.38 Å². The second-order valence-corrected chi connectivity index (χ2v) is 6.03. The van der Waals surface area contributed by atoms with Crippen LogP contribution in [0.25, 0.3) is 0 Å². The van der Waals surface area contributed by atoms with Gasteiger partial charge < -0.3 is 0 Å². The number of hydrogen-bond acceptors (Lipinski definition) is 0. The van der Waals surface area contributed by atoms with Crippen LogP contribution in [0.2, 0.25) is 0 Å². The molecule has 1 unspecified atom stereocenters. The van der Waals surface area contributed by atoms with Gasteiger partial charge in [-0.3, -0.25) is 0 Å². The van der Waals surface area contributed by atoms with Gasteiger partial charge >= 0.3 is 0 Å². The summed E-state index contributed by atoms with van der Waals surface area (Å²) in [5.74, 6) is 0.258. The van der Waals surface area contributed by atoms with Gasteiger partial charge in [0, 0.05) is 11.3 Å². The van der Waals surface area contributed by atoms with Gasteiger partial charge in [0.1, 0.15) is 0 Å². The zero-order valence-corrected chi connectivity index (χ0v) is 13.3. The zero-order chi connectivity index (χ0) is 14.5. The highest BCUT2D eigenvalue weighted by Gasteiger charge is 2.19. The summed E-state index contributed by atoms with van der Waals surface area (Å²) in [4.78, 5) is 0. The van der Waals surface area contributed by atoms with E-state index in [4.69, 9.17) is 11.6 Å². The topological polar surface area (TPSA) is 0 Å². The molecule has 2 rings (SSSR count). The monoisotopic (exact) mass is 286 g/mol. The maximum absolute atomic E-state index is 6.46. The Morgan fingerprint density at radius 2 is 1.10 bits per heavy atom. The van der Waals surface area contributed by atoms with Crippen LogP contribution in [0.4, 0.5) is 0 Å². The Morgan fingerprint density at radius 3 is 1.35 bits per heavy atom. The average Bonchev–Trinajstić information content (AvgIpc) is 2.48. The third-order valence-corrected chi connectivity index (χ3v) is 4.21. The molecular weight excluding hydrogens is 264 g/mol. The Morgan fingerprint density at radius 1 is 0.750 bits per heavy atom. The van der Waals surface area contributed by atoms with E-state index in [1.165, 1.54) is 22.3 Å². The average molecular weight is 287 g/mol. The second-order valence-electron chi connectivity index (χ2n) is 5.35. The molecule has 0 radical (unpaired) electrons. The van der Waals surface area contributed by atoms with Crippen LogP contribution in [0.15, 0.2) is 48.5 Å². The van der Waals surface area contributed by atoms with E-state index >= 15 is 0 Å². The molecule has 0 aliphatic carbocycles. The smallest absolute Gasteiger partial charge is 0.0417 e. The van der Waals surface area contributed by atoms with Crippen LogP contribution in [-0.2, 0) is 12.8 Å². The molecule has 1 heteroatoms. The number of rotatable bonds is 5. The minimum atomic E-state index is 0.0787. The maximum atomic E-state index is 6.46. The van der Waals surface area contributed by atoms with E-state index in [0.717, 1.165) is 12.8 Å². The zero-order valence-electron chi connectivity index (χ0n) is 12.6. The van der Waals surface area contributed by atoms with Crippen molar-refractivity contribution in [2.45, 2.75) is 44.9 Å². The third kappa shape index (κ3) is 3.43. The van der Waals surface area contributed by atoms with Gasteiger partial charge in [0.25, 0.3) is 0 Å². The molecule has 0 aliphatic heterocycles. The normalized spacial score (nSPS) is 12.7. The standard InChI is InChI=1S/C19H23Cl/c1-4-15-6-10-17(11-7-15)19(14(3)20)18-12-8-16(5-2)9-13-18/h6-14,19H,4-5H2,1-3H3. The minimum Gasteiger partial charge on any atom is -0.122 e. The first-order valence-electron chi connectivity index (χ1n) is 7.47. The van der Waals surface area contributed by atoms with Gasteiger partial charge in [-0.1, -0.05) is 62.4 Å². The minimum absolute atomic E-state index is 0.0787. The molecule has 0 saturated heterocycles. The molecule has 20 heavy (non-hydrogen) atoms. The highest BCUT2D eigenvalue weighted by Crippen LogP contribution is 2.31. The number of aryl methyl sites for hydroxylation is 2. The molecule has 2 aromatic carbocycles. The molecule has 106 valence electrons.